The van der Waals surface area contributed by atoms with Crippen LogP contribution in [0.5, 0.6) is 0 Å². The SMILES string of the molecule is CCCN(c1nc(N)nc2sccc12)C(C)C. The molecule has 2 rings (SSSR count). The fourth-order valence-electron chi connectivity index (χ4n) is 1.92. The first-order valence-electron chi connectivity index (χ1n) is 5.90. The number of nitrogens with two attached hydrogens (primary N) is 1. The van der Waals surface area contributed by atoms with E-state index in [4.69, 9.17) is 5.73 Å². The van der Waals surface area contributed by atoms with E-state index in [-0.39, 0.29) is 0 Å². The Bertz CT molecular complexity index is 506. The molecule has 92 valence electrons. The minimum Gasteiger partial charge on any atom is -0.368 e. The highest BCUT2D eigenvalue weighted by Gasteiger charge is 2.16. The zero-order valence-electron chi connectivity index (χ0n) is 10.5. The molecule has 2 aromatic rings. The number of hydrogen-bond donors (Lipinski definition) is 1. The molecule has 0 aliphatic heterocycles. The number of hydrogen-bond acceptors (Lipinski definition) is 5. The maximum absolute atomic E-state index is 5.78. The summed E-state index contributed by atoms with van der Waals surface area (Å²) in [6, 6.07) is 2.48. The highest BCUT2D eigenvalue weighted by Crippen LogP contribution is 2.29. The van der Waals surface area contributed by atoms with E-state index in [1.165, 1.54) is 0 Å². The third-order valence-electron chi connectivity index (χ3n) is 2.68. The molecule has 0 fully saturated rings. The van der Waals surface area contributed by atoms with Crippen LogP contribution in [-0.2, 0) is 0 Å². The predicted octanol–water partition coefficient (Wildman–Crippen LogP) is 2.90. The monoisotopic (exact) mass is 250 g/mol. The van der Waals surface area contributed by atoms with Crippen LogP contribution in [0.25, 0.3) is 10.2 Å². The zero-order chi connectivity index (χ0) is 12.4. The summed E-state index contributed by atoms with van der Waals surface area (Å²) in [4.78, 5) is 11.9. The summed E-state index contributed by atoms with van der Waals surface area (Å²) in [5, 5.41) is 3.14. The van der Waals surface area contributed by atoms with Gasteiger partial charge in [0.05, 0.1) is 5.39 Å². The largest absolute Gasteiger partial charge is 0.368 e. The smallest absolute Gasteiger partial charge is 0.223 e. The Kier molecular flexibility index (Phi) is 3.47. The number of fused-ring (bicyclic) bond motifs is 1. The van der Waals surface area contributed by atoms with Gasteiger partial charge in [-0.25, -0.2) is 4.98 Å². The summed E-state index contributed by atoms with van der Waals surface area (Å²) in [7, 11) is 0. The van der Waals surface area contributed by atoms with E-state index < -0.39 is 0 Å². The lowest BCUT2D eigenvalue weighted by Gasteiger charge is -2.28. The van der Waals surface area contributed by atoms with Gasteiger partial charge in [-0.3, -0.25) is 0 Å². The van der Waals surface area contributed by atoms with Crippen LogP contribution in [0.4, 0.5) is 11.8 Å². The van der Waals surface area contributed by atoms with Crippen LogP contribution < -0.4 is 10.6 Å². The van der Waals surface area contributed by atoms with Crippen molar-refractivity contribution in [2.45, 2.75) is 33.2 Å². The summed E-state index contributed by atoms with van der Waals surface area (Å²) in [5.74, 6) is 1.32. The first kappa shape index (κ1) is 12.1. The highest BCUT2D eigenvalue weighted by atomic mass is 32.1. The molecule has 2 N–H and O–H groups in total. The maximum atomic E-state index is 5.78. The van der Waals surface area contributed by atoms with Crippen molar-refractivity contribution < 1.29 is 0 Å². The van der Waals surface area contributed by atoms with Crippen LogP contribution in [-0.4, -0.2) is 22.6 Å². The average molecular weight is 250 g/mol. The fourth-order valence-corrected chi connectivity index (χ4v) is 2.69. The van der Waals surface area contributed by atoms with E-state index in [1.807, 2.05) is 5.38 Å². The molecule has 5 heteroatoms. The summed E-state index contributed by atoms with van der Waals surface area (Å²) >= 11 is 1.61. The summed E-state index contributed by atoms with van der Waals surface area (Å²) in [6.07, 6.45) is 1.09. The molecule has 0 saturated heterocycles. The van der Waals surface area contributed by atoms with Gasteiger partial charge in [-0.15, -0.1) is 11.3 Å². The lowest BCUT2D eigenvalue weighted by molar-refractivity contribution is 0.665. The number of nitrogen functional groups attached to an aromatic ring is 1. The topological polar surface area (TPSA) is 55.0 Å². The van der Waals surface area contributed by atoms with Gasteiger partial charge in [0.2, 0.25) is 5.95 Å². The molecule has 0 aliphatic rings. The molecule has 0 radical (unpaired) electrons. The standard InChI is InChI=1S/C12H18N4S/c1-4-6-16(8(2)3)10-9-5-7-17-11(9)15-12(13)14-10/h5,7-8H,4,6H2,1-3H3,(H2,13,14,15). The van der Waals surface area contributed by atoms with Crippen molar-refractivity contribution >= 4 is 33.3 Å². The molecular formula is C12H18N4S. The minimum atomic E-state index is 0.358. The van der Waals surface area contributed by atoms with Gasteiger partial charge < -0.3 is 10.6 Å². The van der Waals surface area contributed by atoms with Gasteiger partial charge in [-0.2, -0.15) is 4.98 Å². The summed E-state index contributed by atoms with van der Waals surface area (Å²) < 4.78 is 0. The summed E-state index contributed by atoms with van der Waals surface area (Å²) in [5.41, 5.74) is 5.78. The fraction of sp³-hybridized carbons (Fsp3) is 0.500. The van der Waals surface area contributed by atoms with Gasteiger partial charge in [0, 0.05) is 12.6 Å². The van der Waals surface area contributed by atoms with Crippen molar-refractivity contribution in [3.05, 3.63) is 11.4 Å². The predicted molar refractivity (Wildman–Crippen MR) is 74.6 cm³/mol. The molecule has 2 heterocycles. The van der Waals surface area contributed by atoms with Gasteiger partial charge in [0.15, 0.2) is 0 Å². The average Bonchev–Trinajstić information content (AvgIpc) is 2.72. The van der Waals surface area contributed by atoms with Crippen molar-refractivity contribution in [2.75, 3.05) is 17.2 Å². The molecule has 0 atom stereocenters. The molecule has 0 amide bonds. The Labute approximate surface area is 105 Å². The molecule has 0 aromatic carbocycles. The zero-order valence-corrected chi connectivity index (χ0v) is 11.3. The third-order valence-corrected chi connectivity index (χ3v) is 3.49. The molecule has 0 saturated carbocycles. The molecule has 2 aromatic heterocycles. The van der Waals surface area contributed by atoms with Crippen molar-refractivity contribution in [3.8, 4) is 0 Å². The minimum absolute atomic E-state index is 0.358. The van der Waals surface area contributed by atoms with E-state index in [1.54, 1.807) is 11.3 Å². The highest BCUT2D eigenvalue weighted by molar-refractivity contribution is 7.16. The maximum Gasteiger partial charge on any atom is 0.223 e. The van der Waals surface area contributed by atoms with Gasteiger partial charge in [-0.05, 0) is 31.7 Å². The molecule has 0 aliphatic carbocycles. The lowest BCUT2D eigenvalue weighted by Crippen LogP contribution is -2.32. The van der Waals surface area contributed by atoms with Gasteiger partial charge in [0.25, 0.3) is 0 Å². The molecular weight excluding hydrogens is 232 g/mol. The third kappa shape index (κ3) is 2.34. The van der Waals surface area contributed by atoms with Crippen LogP contribution in [0.15, 0.2) is 11.4 Å². The van der Waals surface area contributed by atoms with Crippen molar-refractivity contribution in [1.29, 1.82) is 0 Å². The number of anilines is 2. The molecule has 17 heavy (non-hydrogen) atoms. The molecule has 4 nitrogen and oxygen atoms in total. The van der Waals surface area contributed by atoms with Crippen molar-refractivity contribution in [3.63, 3.8) is 0 Å². The Morgan fingerprint density at radius 2 is 2.18 bits per heavy atom. The number of nitrogens with zero attached hydrogens (tertiary/aromatic N) is 3. The second kappa shape index (κ2) is 4.87. The van der Waals surface area contributed by atoms with E-state index in [9.17, 15) is 0 Å². The first-order chi connectivity index (χ1) is 8.13. The summed E-state index contributed by atoms with van der Waals surface area (Å²) in [6.45, 7) is 7.50. The Morgan fingerprint density at radius 1 is 1.41 bits per heavy atom. The lowest BCUT2D eigenvalue weighted by atomic mass is 10.2. The quantitative estimate of drug-likeness (QED) is 0.906. The Morgan fingerprint density at radius 3 is 2.82 bits per heavy atom. The van der Waals surface area contributed by atoms with E-state index in [0.29, 0.717) is 12.0 Å². The normalized spacial score (nSPS) is 11.3. The van der Waals surface area contributed by atoms with Crippen LogP contribution in [0, 0.1) is 0 Å². The molecule has 0 unspecified atom stereocenters. The molecule has 0 spiro atoms. The van der Waals surface area contributed by atoms with Crippen LogP contribution in [0.1, 0.15) is 27.2 Å². The van der Waals surface area contributed by atoms with Crippen LogP contribution in [0.2, 0.25) is 0 Å². The van der Waals surface area contributed by atoms with Gasteiger partial charge in [0.1, 0.15) is 10.6 Å². The molecule has 0 bridgehead atoms. The van der Waals surface area contributed by atoms with Gasteiger partial charge in [-0.1, -0.05) is 6.92 Å². The van der Waals surface area contributed by atoms with Crippen LogP contribution >= 0.6 is 11.3 Å². The van der Waals surface area contributed by atoms with Crippen LogP contribution in [0.3, 0.4) is 0 Å². The number of thiophene rings is 1. The van der Waals surface area contributed by atoms with Gasteiger partial charge >= 0.3 is 0 Å². The van der Waals surface area contributed by atoms with Crippen molar-refractivity contribution in [2.24, 2.45) is 0 Å². The Balaban J connectivity index is 2.54. The number of rotatable bonds is 4. The van der Waals surface area contributed by atoms with E-state index in [0.717, 1.165) is 29.0 Å². The van der Waals surface area contributed by atoms with E-state index in [2.05, 4.69) is 41.7 Å². The Hall–Kier alpha value is -1.36. The first-order valence-corrected chi connectivity index (χ1v) is 6.78. The second-order valence-electron chi connectivity index (χ2n) is 4.33. The van der Waals surface area contributed by atoms with Crippen molar-refractivity contribution in [1.82, 2.24) is 9.97 Å². The number of aromatic nitrogens is 2. The second-order valence-corrected chi connectivity index (χ2v) is 5.23. The van der Waals surface area contributed by atoms with E-state index >= 15 is 0 Å².